The molecule has 1 atom stereocenters. The maximum atomic E-state index is 12.1. The topological polar surface area (TPSA) is 111 Å². The van der Waals surface area contributed by atoms with Crippen LogP contribution in [0.4, 0.5) is 5.69 Å². The van der Waals surface area contributed by atoms with E-state index in [1.54, 1.807) is 6.20 Å². The molecule has 0 aromatic carbocycles. The second kappa shape index (κ2) is 5.77. The normalized spacial score (nSPS) is 17.3. The average Bonchev–Trinajstić information content (AvgIpc) is 3.28. The van der Waals surface area contributed by atoms with Gasteiger partial charge in [-0.3, -0.25) is 4.79 Å². The maximum Gasteiger partial charge on any atom is 0.225 e. The van der Waals surface area contributed by atoms with Gasteiger partial charge in [-0.15, -0.1) is 10.2 Å². The number of hydrogen-bond acceptors (Lipinski definition) is 6. The highest BCUT2D eigenvalue weighted by atomic mass is 16.1. The number of pyridine rings is 1. The van der Waals surface area contributed by atoms with Crippen molar-refractivity contribution in [1.82, 2.24) is 25.5 Å². The van der Waals surface area contributed by atoms with Crippen LogP contribution in [0.15, 0.2) is 24.5 Å². The van der Waals surface area contributed by atoms with E-state index in [1.807, 2.05) is 24.4 Å². The number of nitriles is 1. The van der Waals surface area contributed by atoms with Crippen LogP contribution in [0.3, 0.4) is 0 Å². The summed E-state index contributed by atoms with van der Waals surface area (Å²) in [6, 6.07) is 5.85. The van der Waals surface area contributed by atoms with E-state index in [4.69, 9.17) is 5.26 Å². The third kappa shape index (κ3) is 2.31. The van der Waals surface area contributed by atoms with Gasteiger partial charge in [-0.2, -0.15) is 5.26 Å². The number of nitrogens with zero attached hydrogens (tertiary/aromatic N) is 5. The molecule has 4 rings (SSSR count). The van der Waals surface area contributed by atoms with Crippen LogP contribution < -0.4 is 10.2 Å². The van der Waals surface area contributed by atoms with Crippen LogP contribution in [0.1, 0.15) is 6.42 Å². The van der Waals surface area contributed by atoms with Crippen molar-refractivity contribution < 1.29 is 4.79 Å². The van der Waals surface area contributed by atoms with Crippen molar-refractivity contribution in [2.45, 2.75) is 6.42 Å². The summed E-state index contributed by atoms with van der Waals surface area (Å²) in [4.78, 5) is 21.6. The Morgan fingerprint density at radius 3 is 3.25 bits per heavy atom. The van der Waals surface area contributed by atoms with Gasteiger partial charge >= 0.3 is 0 Å². The Bertz CT molecular complexity index is 958. The molecule has 0 spiro atoms. The number of aromatic amines is 1. The van der Waals surface area contributed by atoms with Crippen LogP contribution >= 0.6 is 0 Å². The average molecular weight is 321 g/mol. The smallest absolute Gasteiger partial charge is 0.225 e. The van der Waals surface area contributed by atoms with E-state index in [1.165, 1.54) is 0 Å². The lowest BCUT2D eigenvalue weighted by Crippen LogP contribution is -2.33. The number of aromatic nitrogens is 4. The third-order valence-corrected chi connectivity index (χ3v) is 4.39. The highest BCUT2D eigenvalue weighted by molar-refractivity contribution is 6.08. The Labute approximate surface area is 137 Å². The van der Waals surface area contributed by atoms with Gasteiger partial charge in [-0.1, -0.05) is 0 Å². The first kappa shape index (κ1) is 14.4. The van der Waals surface area contributed by atoms with Crippen molar-refractivity contribution in [3.63, 3.8) is 0 Å². The number of H-pyrrole nitrogens is 1. The quantitative estimate of drug-likeness (QED) is 0.696. The zero-order chi connectivity index (χ0) is 16.5. The van der Waals surface area contributed by atoms with Gasteiger partial charge in [0.2, 0.25) is 5.91 Å². The predicted molar refractivity (Wildman–Crippen MR) is 88.1 cm³/mol. The van der Waals surface area contributed by atoms with E-state index in [2.05, 4.69) is 30.4 Å². The second-order valence-corrected chi connectivity index (χ2v) is 5.78. The van der Waals surface area contributed by atoms with Crippen LogP contribution in [-0.4, -0.2) is 45.7 Å². The molecule has 1 unspecified atom stereocenters. The lowest BCUT2D eigenvalue weighted by molar-refractivity contribution is -0.124. The summed E-state index contributed by atoms with van der Waals surface area (Å²) in [5.74, 6) is -0.179. The van der Waals surface area contributed by atoms with Gasteiger partial charge in [-0.25, -0.2) is 4.98 Å². The number of anilines is 1. The number of nitrogens with one attached hydrogen (secondary N) is 2. The largest absolute Gasteiger partial charge is 0.370 e. The highest BCUT2D eigenvalue weighted by Gasteiger charge is 2.29. The van der Waals surface area contributed by atoms with Crippen molar-refractivity contribution in [2.75, 3.05) is 24.5 Å². The number of fused-ring (bicyclic) bond motifs is 3. The van der Waals surface area contributed by atoms with Crippen LogP contribution in [0, 0.1) is 17.2 Å². The molecule has 0 aliphatic carbocycles. The first-order valence-corrected chi connectivity index (χ1v) is 7.76. The van der Waals surface area contributed by atoms with Gasteiger partial charge in [0, 0.05) is 30.9 Å². The molecule has 1 saturated heterocycles. The number of amides is 1. The Morgan fingerprint density at radius 1 is 1.46 bits per heavy atom. The van der Waals surface area contributed by atoms with Crippen LogP contribution in [0.25, 0.3) is 22.1 Å². The lowest BCUT2D eigenvalue weighted by Gasteiger charge is -2.20. The van der Waals surface area contributed by atoms with Gasteiger partial charge in [0.05, 0.1) is 23.1 Å². The molecule has 3 aromatic heterocycles. The van der Waals surface area contributed by atoms with Gasteiger partial charge in [0.1, 0.15) is 6.54 Å². The number of hydrogen-bond donors (Lipinski definition) is 2. The number of rotatable bonds is 3. The molecule has 8 heteroatoms. The van der Waals surface area contributed by atoms with Crippen LogP contribution in [0.2, 0.25) is 0 Å². The molecular formula is C16H15N7O. The fourth-order valence-electron chi connectivity index (χ4n) is 3.25. The Kier molecular flexibility index (Phi) is 3.46. The molecule has 8 nitrogen and oxygen atoms in total. The van der Waals surface area contributed by atoms with Crippen molar-refractivity contribution in [3.05, 3.63) is 24.5 Å². The maximum absolute atomic E-state index is 12.1. The summed E-state index contributed by atoms with van der Waals surface area (Å²) < 4.78 is 0. The first-order chi connectivity index (χ1) is 11.8. The number of carbonyl (C=O) groups is 1. The molecule has 3 aromatic rings. The molecule has 1 aliphatic rings. The molecule has 2 N–H and O–H groups in total. The molecule has 4 heterocycles. The van der Waals surface area contributed by atoms with E-state index in [-0.39, 0.29) is 18.4 Å². The Hall–Kier alpha value is -3.21. The Morgan fingerprint density at radius 2 is 2.38 bits per heavy atom. The van der Waals surface area contributed by atoms with E-state index < -0.39 is 0 Å². The zero-order valence-corrected chi connectivity index (χ0v) is 12.9. The van der Waals surface area contributed by atoms with E-state index >= 15 is 0 Å². The summed E-state index contributed by atoms with van der Waals surface area (Å²) in [6.45, 7) is 1.44. The molecule has 0 radical (unpaired) electrons. The van der Waals surface area contributed by atoms with Crippen LogP contribution in [0.5, 0.6) is 0 Å². The summed E-state index contributed by atoms with van der Waals surface area (Å²) in [5, 5.41) is 21.5. The molecule has 1 amide bonds. The standard InChI is InChI=1S/C16H15N7O/c17-4-7-20-16(24)10-3-8-23(9-10)12-2-6-19-15-13(12)11-1-5-18-14(11)21-22-15/h1-2,5-6,10H,3,7-9H2,(H,18,21)(H,20,24). The van der Waals surface area contributed by atoms with E-state index in [9.17, 15) is 4.79 Å². The zero-order valence-electron chi connectivity index (χ0n) is 12.9. The van der Waals surface area contributed by atoms with Gasteiger partial charge in [-0.05, 0) is 18.6 Å². The fourth-order valence-corrected chi connectivity index (χ4v) is 3.25. The lowest BCUT2D eigenvalue weighted by atomic mass is 10.1. The minimum Gasteiger partial charge on any atom is -0.370 e. The van der Waals surface area contributed by atoms with Gasteiger partial charge in [0.25, 0.3) is 0 Å². The van der Waals surface area contributed by atoms with Crippen LogP contribution in [-0.2, 0) is 4.79 Å². The van der Waals surface area contributed by atoms with Crippen molar-refractivity contribution in [3.8, 4) is 6.07 Å². The minimum atomic E-state index is -0.113. The molecule has 1 aliphatic heterocycles. The predicted octanol–water partition coefficient (Wildman–Crippen LogP) is 0.972. The number of carbonyl (C=O) groups excluding carboxylic acids is 1. The monoisotopic (exact) mass is 321 g/mol. The van der Waals surface area contributed by atoms with Gasteiger partial charge in [0.15, 0.2) is 11.3 Å². The molecule has 24 heavy (non-hydrogen) atoms. The Balaban J connectivity index is 1.69. The summed E-state index contributed by atoms with van der Waals surface area (Å²) in [6.07, 6.45) is 4.31. The first-order valence-electron chi connectivity index (χ1n) is 7.76. The second-order valence-electron chi connectivity index (χ2n) is 5.78. The molecule has 0 saturated carbocycles. The van der Waals surface area contributed by atoms with Crippen molar-refractivity contribution in [2.24, 2.45) is 5.92 Å². The highest BCUT2D eigenvalue weighted by Crippen LogP contribution is 2.33. The summed E-state index contributed by atoms with van der Waals surface area (Å²) >= 11 is 0. The van der Waals surface area contributed by atoms with E-state index in [0.29, 0.717) is 12.2 Å². The van der Waals surface area contributed by atoms with Crippen molar-refractivity contribution >= 4 is 33.7 Å². The van der Waals surface area contributed by atoms with Crippen molar-refractivity contribution in [1.29, 1.82) is 5.26 Å². The van der Waals surface area contributed by atoms with Gasteiger partial charge < -0.3 is 15.2 Å². The molecule has 0 bridgehead atoms. The summed E-state index contributed by atoms with van der Waals surface area (Å²) in [7, 11) is 0. The third-order valence-electron chi connectivity index (χ3n) is 4.39. The molecular weight excluding hydrogens is 306 g/mol. The minimum absolute atomic E-state index is 0.0487. The summed E-state index contributed by atoms with van der Waals surface area (Å²) in [5.41, 5.74) is 2.33. The fraction of sp³-hybridized carbons (Fsp3) is 0.312. The van der Waals surface area contributed by atoms with E-state index in [0.717, 1.165) is 35.1 Å². The molecule has 1 fully saturated rings. The molecule has 120 valence electrons. The SMILES string of the molecule is N#CCNC(=O)C1CCN(c2ccnc3nnc4[nH]ccc4c23)C1.